The first-order valence-corrected chi connectivity index (χ1v) is 7.52. The van der Waals surface area contributed by atoms with Gasteiger partial charge >= 0.3 is 6.18 Å². The third-order valence-electron chi connectivity index (χ3n) is 2.80. The van der Waals surface area contributed by atoms with Crippen LogP contribution in [0, 0.1) is 13.8 Å². The summed E-state index contributed by atoms with van der Waals surface area (Å²) in [6.45, 7) is 1.44. The van der Waals surface area contributed by atoms with E-state index in [2.05, 4.69) is 9.46 Å². The molecule has 0 aliphatic carbocycles. The molecule has 0 saturated heterocycles. The van der Waals surface area contributed by atoms with E-state index in [-0.39, 0.29) is 18.0 Å². The van der Waals surface area contributed by atoms with E-state index >= 15 is 0 Å². The van der Waals surface area contributed by atoms with Crippen molar-refractivity contribution in [1.82, 2.24) is 4.72 Å². The molecule has 0 spiro atoms. The van der Waals surface area contributed by atoms with Crippen LogP contribution >= 0.6 is 0 Å². The van der Waals surface area contributed by atoms with Gasteiger partial charge in [0.2, 0.25) is 10.0 Å². The molecule has 0 aromatic heterocycles. The number of benzene rings is 1. The molecule has 1 aromatic carbocycles. The summed E-state index contributed by atoms with van der Waals surface area (Å²) in [4.78, 5) is -0.0288. The second kappa shape index (κ2) is 6.63. The minimum Gasteiger partial charge on any atom is -0.398 e. The Morgan fingerprint density at radius 3 is 2.43 bits per heavy atom. The second-order valence-corrected chi connectivity index (χ2v) is 6.29. The number of halogens is 3. The number of hydrogen-bond donors (Lipinski definition) is 2. The fourth-order valence-corrected chi connectivity index (χ4v) is 2.66. The number of aryl methyl sites for hydroxylation is 1. The minimum absolute atomic E-state index is 0.0288. The van der Waals surface area contributed by atoms with E-state index in [9.17, 15) is 21.6 Å². The molecular weight excluding hydrogens is 309 g/mol. The molecule has 0 unspecified atom stereocenters. The van der Waals surface area contributed by atoms with Gasteiger partial charge < -0.3 is 10.5 Å². The monoisotopic (exact) mass is 326 g/mol. The van der Waals surface area contributed by atoms with Gasteiger partial charge in [0, 0.05) is 12.2 Å². The SMILES string of the molecule is Cc1cc(S(=O)(=O)NCCOCC(F)(F)F)cc(N)c1C. The first kappa shape index (κ1) is 17.7. The number of ether oxygens (including phenoxy) is 1. The van der Waals surface area contributed by atoms with Gasteiger partial charge in [-0.05, 0) is 37.1 Å². The highest BCUT2D eigenvalue weighted by Gasteiger charge is 2.27. The number of nitrogens with one attached hydrogen (secondary N) is 1. The third kappa shape index (κ3) is 5.52. The zero-order chi connectivity index (χ0) is 16.3. The van der Waals surface area contributed by atoms with Crippen molar-refractivity contribution in [2.75, 3.05) is 25.5 Å². The van der Waals surface area contributed by atoms with Gasteiger partial charge in [0.25, 0.3) is 0 Å². The molecule has 1 rings (SSSR count). The summed E-state index contributed by atoms with van der Waals surface area (Å²) in [6, 6.07) is 2.76. The lowest BCUT2D eigenvalue weighted by atomic mass is 10.1. The largest absolute Gasteiger partial charge is 0.411 e. The first-order chi connectivity index (χ1) is 9.53. The highest BCUT2D eigenvalue weighted by molar-refractivity contribution is 7.89. The molecule has 9 heteroatoms. The molecule has 3 N–H and O–H groups in total. The number of rotatable bonds is 6. The zero-order valence-corrected chi connectivity index (χ0v) is 12.4. The fraction of sp³-hybridized carbons (Fsp3) is 0.500. The molecule has 5 nitrogen and oxygen atoms in total. The Kier molecular flexibility index (Phi) is 5.60. The molecular formula is C12H17F3N2O3S. The Hall–Kier alpha value is -1.32. The van der Waals surface area contributed by atoms with Crippen LogP contribution in [0.4, 0.5) is 18.9 Å². The Morgan fingerprint density at radius 2 is 1.90 bits per heavy atom. The lowest BCUT2D eigenvalue weighted by Crippen LogP contribution is -2.29. The fourth-order valence-electron chi connectivity index (χ4n) is 1.53. The van der Waals surface area contributed by atoms with E-state index in [1.807, 2.05) is 0 Å². The van der Waals surface area contributed by atoms with Gasteiger partial charge in [-0.1, -0.05) is 0 Å². The predicted octanol–water partition coefficient (Wildman–Crippen LogP) is 1.74. The highest BCUT2D eigenvalue weighted by atomic mass is 32.2. The molecule has 120 valence electrons. The summed E-state index contributed by atoms with van der Waals surface area (Å²) in [5, 5.41) is 0. The molecule has 0 atom stereocenters. The van der Waals surface area contributed by atoms with E-state index < -0.39 is 22.8 Å². The Morgan fingerprint density at radius 1 is 1.29 bits per heavy atom. The van der Waals surface area contributed by atoms with Crippen LogP contribution in [0.2, 0.25) is 0 Å². The molecule has 0 fully saturated rings. The summed E-state index contributed by atoms with van der Waals surface area (Å²) >= 11 is 0. The number of alkyl halides is 3. The molecule has 0 heterocycles. The van der Waals surface area contributed by atoms with E-state index in [4.69, 9.17) is 5.73 Å². The summed E-state index contributed by atoms with van der Waals surface area (Å²) in [5.41, 5.74) is 7.53. The van der Waals surface area contributed by atoms with Crippen molar-refractivity contribution < 1.29 is 26.3 Å². The van der Waals surface area contributed by atoms with Crippen molar-refractivity contribution in [3.05, 3.63) is 23.3 Å². The predicted molar refractivity (Wildman–Crippen MR) is 72.4 cm³/mol. The number of sulfonamides is 1. The molecule has 0 bridgehead atoms. The lowest BCUT2D eigenvalue weighted by molar-refractivity contribution is -0.173. The standard InChI is InChI=1S/C12H17F3N2O3S/c1-8-5-10(6-11(16)9(8)2)21(18,19)17-3-4-20-7-12(13,14)15/h5-6,17H,3-4,7,16H2,1-2H3. The van der Waals surface area contributed by atoms with Crippen LogP contribution in [-0.4, -0.2) is 34.4 Å². The van der Waals surface area contributed by atoms with Crippen molar-refractivity contribution in [2.24, 2.45) is 0 Å². The molecule has 0 aliphatic heterocycles. The molecule has 0 aliphatic rings. The van der Waals surface area contributed by atoms with Crippen LogP contribution < -0.4 is 10.5 Å². The third-order valence-corrected chi connectivity index (χ3v) is 4.24. The van der Waals surface area contributed by atoms with Gasteiger partial charge in [-0.25, -0.2) is 13.1 Å². The molecule has 0 radical (unpaired) electrons. The van der Waals surface area contributed by atoms with Crippen molar-refractivity contribution in [1.29, 1.82) is 0 Å². The van der Waals surface area contributed by atoms with E-state index in [1.54, 1.807) is 13.8 Å². The van der Waals surface area contributed by atoms with Gasteiger partial charge in [0.05, 0.1) is 11.5 Å². The lowest BCUT2D eigenvalue weighted by Gasteiger charge is -2.11. The smallest absolute Gasteiger partial charge is 0.398 e. The summed E-state index contributed by atoms with van der Waals surface area (Å²) in [6.07, 6.45) is -4.43. The Balaban J connectivity index is 2.62. The summed E-state index contributed by atoms with van der Waals surface area (Å²) in [7, 11) is -3.83. The molecule has 0 amide bonds. The number of nitrogens with two attached hydrogens (primary N) is 1. The first-order valence-electron chi connectivity index (χ1n) is 6.04. The molecule has 21 heavy (non-hydrogen) atoms. The number of hydrogen-bond acceptors (Lipinski definition) is 4. The van der Waals surface area contributed by atoms with Crippen molar-refractivity contribution in [3.8, 4) is 0 Å². The van der Waals surface area contributed by atoms with Gasteiger partial charge in [-0.15, -0.1) is 0 Å². The maximum Gasteiger partial charge on any atom is 0.411 e. The van der Waals surface area contributed by atoms with Gasteiger partial charge in [0.1, 0.15) is 6.61 Å². The quantitative estimate of drug-likeness (QED) is 0.616. The van der Waals surface area contributed by atoms with Crippen LogP contribution in [0.3, 0.4) is 0 Å². The average Bonchev–Trinajstić information content (AvgIpc) is 2.33. The van der Waals surface area contributed by atoms with Gasteiger partial charge in [-0.3, -0.25) is 0 Å². The highest BCUT2D eigenvalue weighted by Crippen LogP contribution is 2.21. The maximum absolute atomic E-state index is 12.0. The Bertz CT molecular complexity index is 577. The average molecular weight is 326 g/mol. The summed E-state index contributed by atoms with van der Waals surface area (Å²) in [5.74, 6) is 0. The summed E-state index contributed by atoms with van der Waals surface area (Å²) < 4.78 is 65.9. The van der Waals surface area contributed by atoms with Crippen molar-refractivity contribution >= 4 is 15.7 Å². The number of nitrogen functional groups attached to an aromatic ring is 1. The molecule has 0 saturated carbocycles. The van der Waals surface area contributed by atoms with Crippen LogP contribution in [-0.2, 0) is 14.8 Å². The van der Waals surface area contributed by atoms with Crippen LogP contribution in [0.25, 0.3) is 0 Å². The topological polar surface area (TPSA) is 81.4 Å². The van der Waals surface area contributed by atoms with E-state index in [0.717, 1.165) is 5.56 Å². The second-order valence-electron chi connectivity index (χ2n) is 4.52. The van der Waals surface area contributed by atoms with Crippen LogP contribution in [0.1, 0.15) is 11.1 Å². The van der Waals surface area contributed by atoms with Crippen molar-refractivity contribution in [3.63, 3.8) is 0 Å². The van der Waals surface area contributed by atoms with Gasteiger partial charge in [0.15, 0.2) is 0 Å². The van der Waals surface area contributed by atoms with Crippen molar-refractivity contribution in [2.45, 2.75) is 24.9 Å². The van der Waals surface area contributed by atoms with Crippen LogP contribution in [0.5, 0.6) is 0 Å². The Labute approximate surface area is 121 Å². The van der Waals surface area contributed by atoms with Gasteiger partial charge in [-0.2, -0.15) is 13.2 Å². The normalized spacial score (nSPS) is 12.6. The van der Waals surface area contributed by atoms with E-state index in [0.29, 0.717) is 11.3 Å². The number of anilines is 1. The van der Waals surface area contributed by atoms with Crippen LogP contribution in [0.15, 0.2) is 17.0 Å². The molecule has 1 aromatic rings. The maximum atomic E-state index is 12.0. The zero-order valence-electron chi connectivity index (χ0n) is 11.6. The minimum atomic E-state index is -4.43. The van der Waals surface area contributed by atoms with E-state index in [1.165, 1.54) is 12.1 Å².